The molecule has 0 saturated heterocycles. The second-order valence-electron chi connectivity index (χ2n) is 6.80. The van der Waals surface area contributed by atoms with E-state index in [2.05, 4.69) is 19.1 Å². The molecule has 1 aliphatic rings. The summed E-state index contributed by atoms with van der Waals surface area (Å²) in [5, 5.41) is 0. The van der Waals surface area contributed by atoms with E-state index in [9.17, 15) is 9.59 Å². The van der Waals surface area contributed by atoms with Gasteiger partial charge in [0.05, 0.1) is 18.7 Å². The van der Waals surface area contributed by atoms with Gasteiger partial charge in [0.15, 0.2) is 0 Å². The van der Waals surface area contributed by atoms with Crippen LogP contribution in [0.3, 0.4) is 0 Å². The average Bonchev–Trinajstić information content (AvgIpc) is 2.85. The minimum Gasteiger partial charge on any atom is -0.491 e. The molecule has 142 valence electrons. The molecule has 0 bridgehead atoms. The molecule has 0 aliphatic carbocycles. The lowest BCUT2D eigenvalue weighted by atomic mass is 10.0. The molecule has 0 fully saturated rings. The summed E-state index contributed by atoms with van der Waals surface area (Å²) in [6, 6.07) is 17.6. The van der Waals surface area contributed by atoms with Crippen molar-refractivity contribution in [3.8, 4) is 5.75 Å². The standard InChI is InChI=1S/C22H26N2O3/c1-3-18(15-17-9-5-4-6-10-17)23(2)22(26)16-24-19-11-7-8-12-20(19)27-14-13-21(24)25/h4-12,18H,3,13-16H2,1-2H3/t18-/m0/s1. The molecule has 2 aromatic rings. The first-order chi connectivity index (χ1) is 13.1. The van der Waals surface area contributed by atoms with Crippen molar-refractivity contribution >= 4 is 17.5 Å². The SMILES string of the molecule is CC[C@@H](Cc1ccccc1)N(C)C(=O)CN1C(=O)CCOc2ccccc21. The van der Waals surface area contributed by atoms with Crippen LogP contribution in [0, 0.1) is 0 Å². The van der Waals surface area contributed by atoms with Gasteiger partial charge in [-0.05, 0) is 30.5 Å². The van der Waals surface area contributed by atoms with Gasteiger partial charge in [0.25, 0.3) is 0 Å². The van der Waals surface area contributed by atoms with Gasteiger partial charge in [0.1, 0.15) is 12.3 Å². The molecular weight excluding hydrogens is 340 g/mol. The molecule has 1 atom stereocenters. The van der Waals surface area contributed by atoms with Crippen LogP contribution in [-0.2, 0) is 16.0 Å². The fraction of sp³-hybridized carbons (Fsp3) is 0.364. The van der Waals surface area contributed by atoms with Crippen LogP contribution in [0.4, 0.5) is 5.69 Å². The first kappa shape index (κ1) is 19.0. The predicted molar refractivity (Wildman–Crippen MR) is 106 cm³/mol. The lowest BCUT2D eigenvalue weighted by molar-refractivity contribution is -0.132. The third-order valence-corrected chi connectivity index (χ3v) is 5.05. The minimum atomic E-state index is -0.0854. The van der Waals surface area contributed by atoms with Crippen LogP contribution in [0.5, 0.6) is 5.75 Å². The maximum Gasteiger partial charge on any atom is 0.242 e. The summed E-state index contributed by atoms with van der Waals surface area (Å²) in [7, 11) is 1.82. The zero-order chi connectivity index (χ0) is 19.2. The van der Waals surface area contributed by atoms with Gasteiger partial charge in [-0.3, -0.25) is 14.5 Å². The number of amides is 2. The van der Waals surface area contributed by atoms with Crippen LogP contribution in [-0.4, -0.2) is 43.0 Å². The van der Waals surface area contributed by atoms with Crippen molar-refractivity contribution in [2.45, 2.75) is 32.2 Å². The molecule has 27 heavy (non-hydrogen) atoms. The second kappa shape index (κ2) is 8.71. The Morgan fingerprint density at radius 1 is 1.15 bits per heavy atom. The summed E-state index contributed by atoms with van der Waals surface area (Å²) in [5.74, 6) is 0.496. The lowest BCUT2D eigenvalue weighted by Gasteiger charge is -2.30. The second-order valence-corrected chi connectivity index (χ2v) is 6.80. The van der Waals surface area contributed by atoms with Crippen molar-refractivity contribution in [2.75, 3.05) is 25.1 Å². The van der Waals surface area contributed by atoms with Crippen molar-refractivity contribution in [1.82, 2.24) is 4.90 Å². The van der Waals surface area contributed by atoms with Gasteiger partial charge in [-0.1, -0.05) is 49.4 Å². The molecule has 2 aromatic carbocycles. The van der Waals surface area contributed by atoms with Crippen molar-refractivity contribution in [1.29, 1.82) is 0 Å². The fourth-order valence-electron chi connectivity index (χ4n) is 3.38. The van der Waals surface area contributed by atoms with E-state index >= 15 is 0 Å². The summed E-state index contributed by atoms with van der Waals surface area (Å²) < 4.78 is 5.65. The van der Waals surface area contributed by atoms with E-state index in [4.69, 9.17) is 4.74 Å². The highest BCUT2D eigenvalue weighted by Gasteiger charge is 2.27. The summed E-state index contributed by atoms with van der Waals surface area (Å²) in [4.78, 5) is 28.8. The minimum absolute atomic E-state index is 0.0288. The van der Waals surface area contributed by atoms with Gasteiger partial charge < -0.3 is 9.64 Å². The maximum atomic E-state index is 13.0. The number of carbonyl (C=O) groups excluding carboxylic acids is 2. The molecule has 0 aromatic heterocycles. The Kier molecular flexibility index (Phi) is 6.12. The van der Waals surface area contributed by atoms with Gasteiger partial charge in [0, 0.05) is 13.1 Å². The lowest BCUT2D eigenvalue weighted by Crippen LogP contribution is -2.45. The number of nitrogens with zero attached hydrogens (tertiary/aromatic N) is 2. The van der Waals surface area contributed by atoms with Crippen LogP contribution in [0.25, 0.3) is 0 Å². The highest BCUT2D eigenvalue weighted by Crippen LogP contribution is 2.31. The smallest absolute Gasteiger partial charge is 0.242 e. The summed E-state index contributed by atoms with van der Waals surface area (Å²) >= 11 is 0. The highest BCUT2D eigenvalue weighted by atomic mass is 16.5. The van der Waals surface area contributed by atoms with Crippen molar-refractivity contribution in [3.63, 3.8) is 0 Å². The Hall–Kier alpha value is -2.82. The molecule has 5 heteroatoms. The van der Waals surface area contributed by atoms with Gasteiger partial charge in [0.2, 0.25) is 11.8 Å². The first-order valence-corrected chi connectivity index (χ1v) is 9.42. The molecule has 0 spiro atoms. The number of hydrogen-bond donors (Lipinski definition) is 0. The molecule has 1 aliphatic heterocycles. The molecule has 0 saturated carbocycles. The van der Waals surface area contributed by atoms with E-state index in [0.717, 1.165) is 12.8 Å². The van der Waals surface area contributed by atoms with Gasteiger partial charge >= 0.3 is 0 Å². The number of carbonyl (C=O) groups is 2. The third kappa shape index (κ3) is 4.48. The highest BCUT2D eigenvalue weighted by molar-refractivity contribution is 6.00. The van der Waals surface area contributed by atoms with E-state index in [0.29, 0.717) is 18.0 Å². The number of hydrogen-bond acceptors (Lipinski definition) is 3. The molecule has 2 amide bonds. The van der Waals surface area contributed by atoms with Crippen LogP contribution in [0.2, 0.25) is 0 Å². The number of ether oxygens (including phenoxy) is 1. The van der Waals surface area contributed by atoms with Gasteiger partial charge in [-0.2, -0.15) is 0 Å². The van der Waals surface area contributed by atoms with Crippen LogP contribution in [0.1, 0.15) is 25.3 Å². The summed E-state index contributed by atoms with van der Waals surface area (Å²) in [5.41, 5.74) is 1.87. The van der Waals surface area contributed by atoms with E-state index < -0.39 is 0 Å². The first-order valence-electron chi connectivity index (χ1n) is 9.42. The van der Waals surface area contributed by atoms with Crippen LogP contribution >= 0.6 is 0 Å². The number of likely N-dealkylation sites (N-methyl/N-ethyl adjacent to an activating group) is 1. The van der Waals surface area contributed by atoms with E-state index in [1.54, 1.807) is 9.80 Å². The van der Waals surface area contributed by atoms with Crippen molar-refractivity contribution in [3.05, 3.63) is 60.2 Å². The molecule has 5 nitrogen and oxygen atoms in total. The normalized spacial score (nSPS) is 14.7. The van der Waals surface area contributed by atoms with Crippen LogP contribution in [0.15, 0.2) is 54.6 Å². The Bertz CT molecular complexity index is 791. The molecule has 3 rings (SSSR count). The average molecular weight is 366 g/mol. The maximum absolute atomic E-state index is 13.0. The summed E-state index contributed by atoms with van der Waals surface area (Å²) in [6.07, 6.45) is 1.92. The van der Waals surface area contributed by atoms with Crippen LogP contribution < -0.4 is 9.64 Å². The zero-order valence-electron chi connectivity index (χ0n) is 15.9. The Balaban J connectivity index is 1.74. The molecule has 0 unspecified atom stereocenters. The topological polar surface area (TPSA) is 49.9 Å². The Labute approximate surface area is 160 Å². The number of anilines is 1. The molecule has 0 radical (unpaired) electrons. The van der Waals surface area contributed by atoms with Gasteiger partial charge in [-0.25, -0.2) is 0 Å². The summed E-state index contributed by atoms with van der Waals surface area (Å²) in [6.45, 7) is 2.45. The zero-order valence-corrected chi connectivity index (χ0v) is 15.9. The number of rotatable bonds is 6. The van der Waals surface area contributed by atoms with E-state index in [1.807, 2.05) is 49.5 Å². The third-order valence-electron chi connectivity index (χ3n) is 5.05. The number of para-hydroxylation sites is 2. The van der Waals surface area contributed by atoms with Gasteiger partial charge in [-0.15, -0.1) is 0 Å². The van der Waals surface area contributed by atoms with E-state index in [-0.39, 0.29) is 30.8 Å². The number of fused-ring (bicyclic) bond motifs is 1. The largest absolute Gasteiger partial charge is 0.491 e. The Morgan fingerprint density at radius 2 is 1.85 bits per heavy atom. The van der Waals surface area contributed by atoms with Crippen molar-refractivity contribution < 1.29 is 14.3 Å². The monoisotopic (exact) mass is 366 g/mol. The quantitative estimate of drug-likeness (QED) is 0.788. The molecular formula is C22H26N2O3. The van der Waals surface area contributed by atoms with Crippen molar-refractivity contribution in [2.24, 2.45) is 0 Å². The molecule has 1 heterocycles. The predicted octanol–water partition coefficient (Wildman–Crippen LogP) is 3.28. The molecule has 0 N–H and O–H groups in total. The number of benzene rings is 2. The Morgan fingerprint density at radius 3 is 2.59 bits per heavy atom. The fourth-order valence-corrected chi connectivity index (χ4v) is 3.38. The van der Waals surface area contributed by atoms with E-state index in [1.165, 1.54) is 5.56 Å².